The average molecular weight is 236 g/mol. The second-order valence-electron chi connectivity index (χ2n) is 4.38. The Kier molecular flexibility index (Phi) is 5.45. The molecule has 0 bridgehead atoms. The third kappa shape index (κ3) is 3.20. The number of ether oxygens (including phenoxy) is 1. The van der Waals surface area contributed by atoms with E-state index in [4.69, 9.17) is 10.5 Å². The van der Waals surface area contributed by atoms with Gasteiger partial charge in [0.05, 0.1) is 7.11 Å². The van der Waals surface area contributed by atoms with Crippen molar-refractivity contribution in [1.82, 2.24) is 5.32 Å². The van der Waals surface area contributed by atoms with E-state index in [2.05, 4.69) is 25.2 Å². The van der Waals surface area contributed by atoms with Gasteiger partial charge >= 0.3 is 0 Å². The van der Waals surface area contributed by atoms with Crippen molar-refractivity contribution in [2.45, 2.75) is 32.7 Å². The molecule has 0 fully saturated rings. The van der Waals surface area contributed by atoms with Crippen LogP contribution in [0.5, 0.6) is 5.75 Å². The third-order valence-electron chi connectivity index (χ3n) is 3.42. The van der Waals surface area contributed by atoms with Crippen molar-refractivity contribution in [3.63, 3.8) is 0 Å². The van der Waals surface area contributed by atoms with E-state index in [0.717, 1.165) is 25.1 Å². The normalized spacial score (nSPS) is 12.5. The SMILES string of the molecule is CNC(CCCN)c1ccc(OC)c(C)c1C. The summed E-state index contributed by atoms with van der Waals surface area (Å²) in [5.41, 5.74) is 9.45. The van der Waals surface area contributed by atoms with Crippen molar-refractivity contribution in [1.29, 1.82) is 0 Å². The molecule has 0 heterocycles. The van der Waals surface area contributed by atoms with Gasteiger partial charge in [0.15, 0.2) is 0 Å². The first-order valence-corrected chi connectivity index (χ1v) is 6.17. The lowest BCUT2D eigenvalue weighted by molar-refractivity contribution is 0.410. The van der Waals surface area contributed by atoms with Crippen LogP contribution >= 0.6 is 0 Å². The maximum absolute atomic E-state index is 5.58. The smallest absolute Gasteiger partial charge is 0.122 e. The summed E-state index contributed by atoms with van der Waals surface area (Å²) in [5, 5.41) is 3.36. The first kappa shape index (κ1) is 14.0. The molecule has 1 aromatic rings. The zero-order chi connectivity index (χ0) is 12.8. The topological polar surface area (TPSA) is 47.3 Å². The Hall–Kier alpha value is -1.06. The maximum Gasteiger partial charge on any atom is 0.122 e. The molecule has 3 N–H and O–H groups in total. The zero-order valence-corrected chi connectivity index (χ0v) is 11.3. The molecule has 0 aliphatic rings. The summed E-state index contributed by atoms with van der Waals surface area (Å²) in [7, 11) is 3.71. The molecule has 0 aliphatic heterocycles. The highest BCUT2D eigenvalue weighted by Gasteiger charge is 2.14. The lowest BCUT2D eigenvalue weighted by Gasteiger charge is -2.21. The average Bonchev–Trinajstić information content (AvgIpc) is 2.35. The Morgan fingerprint density at radius 2 is 2.00 bits per heavy atom. The first-order chi connectivity index (χ1) is 8.15. The summed E-state index contributed by atoms with van der Waals surface area (Å²) in [5.74, 6) is 0.958. The molecule has 3 heteroatoms. The van der Waals surface area contributed by atoms with Gasteiger partial charge in [0.1, 0.15) is 5.75 Å². The Balaban J connectivity index is 3.00. The van der Waals surface area contributed by atoms with Gasteiger partial charge in [0, 0.05) is 6.04 Å². The standard InChI is InChI=1S/C14H24N2O/c1-10-11(2)14(17-4)8-7-12(10)13(16-3)6-5-9-15/h7-8,13,16H,5-6,9,15H2,1-4H3. The van der Waals surface area contributed by atoms with Gasteiger partial charge in [-0.2, -0.15) is 0 Å². The fourth-order valence-electron chi connectivity index (χ4n) is 2.19. The Morgan fingerprint density at radius 1 is 1.29 bits per heavy atom. The summed E-state index contributed by atoms with van der Waals surface area (Å²) >= 11 is 0. The van der Waals surface area contributed by atoms with Gasteiger partial charge in [-0.05, 0) is 63.0 Å². The minimum absolute atomic E-state index is 0.378. The van der Waals surface area contributed by atoms with Crippen LogP contribution in [-0.2, 0) is 0 Å². The highest BCUT2D eigenvalue weighted by molar-refractivity contribution is 5.44. The van der Waals surface area contributed by atoms with Gasteiger partial charge in [-0.15, -0.1) is 0 Å². The van der Waals surface area contributed by atoms with E-state index in [1.165, 1.54) is 16.7 Å². The molecule has 1 rings (SSSR count). The van der Waals surface area contributed by atoms with Gasteiger partial charge < -0.3 is 15.8 Å². The second-order valence-corrected chi connectivity index (χ2v) is 4.38. The van der Waals surface area contributed by atoms with Crippen molar-refractivity contribution in [2.24, 2.45) is 5.73 Å². The monoisotopic (exact) mass is 236 g/mol. The van der Waals surface area contributed by atoms with Crippen LogP contribution in [0.4, 0.5) is 0 Å². The van der Waals surface area contributed by atoms with Crippen molar-refractivity contribution in [3.05, 3.63) is 28.8 Å². The van der Waals surface area contributed by atoms with Crippen LogP contribution in [0.3, 0.4) is 0 Å². The Labute approximate surface area is 104 Å². The van der Waals surface area contributed by atoms with Gasteiger partial charge in [-0.1, -0.05) is 6.07 Å². The van der Waals surface area contributed by atoms with Crippen LogP contribution in [0.2, 0.25) is 0 Å². The molecule has 17 heavy (non-hydrogen) atoms. The third-order valence-corrected chi connectivity index (χ3v) is 3.42. The molecule has 96 valence electrons. The summed E-state index contributed by atoms with van der Waals surface area (Å²) in [6, 6.07) is 4.58. The molecule has 3 nitrogen and oxygen atoms in total. The van der Waals surface area contributed by atoms with Crippen LogP contribution in [0, 0.1) is 13.8 Å². The maximum atomic E-state index is 5.58. The van der Waals surface area contributed by atoms with E-state index in [1.54, 1.807) is 7.11 Å². The molecule has 0 radical (unpaired) electrons. The largest absolute Gasteiger partial charge is 0.496 e. The number of hydrogen-bond donors (Lipinski definition) is 2. The summed E-state index contributed by atoms with van der Waals surface area (Å²) in [4.78, 5) is 0. The van der Waals surface area contributed by atoms with Crippen LogP contribution in [0.25, 0.3) is 0 Å². The van der Waals surface area contributed by atoms with Crippen LogP contribution in [0.1, 0.15) is 35.6 Å². The van der Waals surface area contributed by atoms with Gasteiger partial charge in [0.25, 0.3) is 0 Å². The predicted molar refractivity (Wildman–Crippen MR) is 72.6 cm³/mol. The number of hydrogen-bond acceptors (Lipinski definition) is 3. The van der Waals surface area contributed by atoms with Crippen molar-refractivity contribution in [2.75, 3.05) is 20.7 Å². The molecule has 0 spiro atoms. The van der Waals surface area contributed by atoms with E-state index in [9.17, 15) is 0 Å². The van der Waals surface area contributed by atoms with Crippen LogP contribution < -0.4 is 15.8 Å². The lowest BCUT2D eigenvalue weighted by Crippen LogP contribution is -2.19. The Morgan fingerprint density at radius 3 is 2.53 bits per heavy atom. The second kappa shape index (κ2) is 6.62. The summed E-state index contributed by atoms with van der Waals surface area (Å²) < 4.78 is 5.33. The highest BCUT2D eigenvalue weighted by atomic mass is 16.5. The summed E-state index contributed by atoms with van der Waals surface area (Å²) in [6.07, 6.45) is 2.11. The Bertz CT molecular complexity index is 363. The van der Waals surface area contributed by atoms with Crippen LogP contribution in [-0.4, -0.2) is 20.7 Å². The fraction of sp³-hybridized carbons (Fsp3) is 0.571. The minimum atomic E-state index is 0.378. The number of rotatable bonds is 6. The zero-order valence-electron chi connectivity index (χ0n) is 11.3. The molecule has 1 aromatic carbocycles. The van der Waals surface area contributed by atoms with Gasteiger partial charge in [-0.3, -0.25) is 0 Å². The number of nitrogens with two attached hydrogens (primary N) is 1. The molecule has 0 aromatic heterocycles. The van der Waals surface area contributed by atoms with Crippen molar-refractivity contribution < 1.29 is 4.74 Å². The van der Waals surface area contributed by atoms with E-state index in [-0.39, 0.29) is 0 Å². The quantitative estimate of drug-likeness (QED) is 0.797. The summed E-state index contributed by atoms with van der Waals surface area (Å²) in [6.45, 7) is 5.00. The van der Waals surface area contributed by atoms with Crippen molar-refractivity contribution >= 4 is 0 Å². The molecule has 1 atom stereocenters. The lowest BCUT2D eigenvalue weighted by atomic mass is 9.94. The van der Waals surface area contributed by atoms with E-state index in [1.807, 2.05) is 13.1 Å². The van der Waals surface area contributed by atoms with E-state index >= 15 is 0 Å². The number of methoxy groups -OCH3 is 1. The predicted octanol–water partition coefficient (Wildman–Crippen LogP) is 2.31. The minimum Gasteiger partial charge on any atom is -0.496 e. The molecule has 0 aliphatic carbocycles. The van der Waals surface area contributed by atoms with E-state index < -0.39 is 0 Å². The molecule has 0 amide bonds. The first-order valence-electron chi connectivity index (χ1n) is 6.17. The molecule has 0 saturated carbocycles. The van der Waals surface area contributed by atoms with Crippen LogP contribution in [0.15, 0.2) is 12.1 Å². The number of nitrogens with one attached hydrogen (secondary N) is 1. The number of benzene rings is 1. The van der Waals surface area contributed by atoms with Gasteiger partial charge in [0.2, 0.25) is 0 Å². The van der Waals surface area contributed by atoms with E-state index in [0.29, 0.717) is 6.04 Å². The highest BCUT2D eigenvalue weighted by Crippen LogP contribution is 2.29. The molecular weight excluding hydrogens is 212 g/mol. The molecule has 1 unspecified atom stereocenters. The fourth-order valence-corrected chi connectivity index (χ4v) is 2.19. The van der Waals surface area contributed by atoms with Crippen molar-refractivity contribution in [3.8, 4) is 5.75 Å². The molecule has 0 saturated heterocycles. The molecular formula is C14H24N2O. The van der Waals surface area contributed by atoms with Gasteiger partial charge in [-0.25, -0.2) is 0 Å².